The summed E-state index contributed by atoms with van der Waals surface area (Å²) < 4.78 is 12.9. The van der Waals surface area contributed by atoms with Crippen molar-refractivity contribution in [1.29, 1.82) is 0 Å². The van der Waals surface area contributed by atoms with Crippen molar-refractivity contribution in [3.63, 3.8) is 0 Å². The lowest BCUT2D eigenvalue weighted by Crippen LogP contribution is -1.90. The van der Waals surface area contributed by atoms with E-state index in [1.807, 2.05) is 37.5 Å². The van der Waals surface area contributed by atoms with Gasteiger partial charge in [-0.15, -0.1) is 0 Å². The molecule has 2 heterocycles. The Balaban J connectivity index is 2.01. The first kappa shape index (κ1) is 12.5. The van der Waals surface area contributed by atoms with Crippen LogP contribution >= 0.6 is 0 Å². The van der Waals surface area contributed by atoms with Gasteiger partial charge in [0.2, 0.25) is 0 Å². The number of nitrogens with zero attached hydrogens (tertiary/aromatic N) is 2. The summed E-state index contributed by atoms with van der Waals surface area (Å²) in [6.07, 6.45) is 5.41. The average Bonchev–Trinajstić information content (AvgIpc) is 2.49. The van der Waals surface area contributed by atoms with E-state index in [0.717, 1.165) is 27.9 Å². The Morgan fingerprint density at radius 2 is 1.75 bits per heavy atom. The van der Waals surface area contributed by atoms with Crippen molar-refractivity contribution < 1.29 is 4.39 Å². The van der Waals surface area contributed by atoms with Crippen molar-refractivity contribution in [3.05, 3.63) is 72.4 Å². The van der Waals surface area contributed by atoms with Crippen molar-refractivity contribution in [2.24, 2.45) is 0 Å². The van der Waals surface area contributed by atoms with Crippen LogP contribution in [0.15, 0.2) is 61.1 Å². The number of hydrogen-bond acceptors (Lipinski definition) is 2. The van der Waals surface area contributed by atoms with Gasteiger partial charge in [0, 0.05) is 35.3 Å². The number of benzene rings is 1. The molecule has 0 atom stereocenters. The fraction of sp³-hybridized carbons (Fsp3) is 0.0588. The van der Waals surface area contributed by atoms with E-state index in [1.54, 1.807) is 18.3 Å². The van der Waals surface area contributed by atoms with Crippen molar-refractivity contribution >= 4 is 0 Å². The third kappa shape index (κ3) is 2.43. The minimum Gasteiger partial charge on any atom is -0.264 e. The predicted octanol–water partition coefficient (Wildman–Crippen LogP) is 4.26. The number of aryl methyl sites for hydroxylation is 1. The molecule has 0 radical (unpaired) electrons. The second-order valence-electron chi connectivity index (χ2n) is 4.63. The molecular formula is C17H13FN2. The van der Waals surface area contributed by atoms with Gasteiger partial charge in [-0.05, 0) is 48.9 Å². The number of rotatable bonds is 2. The van der Waals surface area contributed by atoms with Gasteiger partial charge in [-0.2, -0.15) is 0 Å². The second kappa shape index (κ2) is 5.21. The maximum atomic E-state index is 12.9. The molecule has 0 fully saturated rings. The molecule has 0 aliphatic heterocycles. The molecular weight excluding hydrogens is 251 g/mol. The maximum absolute atomic E-state index is 12.9. The quantitative estimate of drug-likeness (QED) is 0.691. The van der Waals surface area contributed by atoms with Crippen LogP contribution in [0.3, 0.4) is 0 Å². The fourth-order valence-corrected chi connectivity index (χ4v) is 2.16. The summed E-state index contributed by atoms with van der Waals surface area (Å²) in [6, 6.07) is 12.3. The molecule has 20 heavy (non-hydrogen) atoms. The van der Waals surface area contributed by atoms with Gasteiger partial charge in [0.15, 0.2) is 0 Å². The lowest BCUT2D eigenvalue weighted by atomic mass is 10.0. The van der Waals surface area contributed by atoms with Crippen LogP contribution in [0.2, 0.25) is 0 Å². The minimum atomic E-state index is -0.238. The van der Waals surface area contributed by atoms with E-state index < -0.39 is 0 Å². The highest BCUT2D eigenvalue weighted by molar-refractivity contribution is 5.69. The Hall–Kier alpha value is -2.55. The molecule has 0 aliphatic carbocycles. The highest BCUT2D eigenvalue weighted by Crippen LogP contribution is 2.25. The molecule has 0 spiro atoms. The number of halogens is 1. The first-order chi connectivity index (χ1) is 9.74. The van der Waals surface area contributed by atoms with Gasteiger partial charge in [0.1, 0.15) is 5.82 Å². The SMILES string of the molecule is Cc1cc(-c2ccc(F)cc2)ncc1-c1cccnc1. The van der Waals surface area contributed by atoms with E-state index in [0.29, 0.717) is 0 Å². The van der Waals surface area contributed by atoms with Gasteiger partial charge in [0.25, 0.3) is 0 Å². The molecule has 0 amide bonds. The molecule has 1 aromatic carbocycles. The summed E-state index contributed by atoms with van der Waals surface area (Å²) in [4.78, 5) is 8.59. The van der Waals surface area contributed by atoms with Crippen LogP contribution in [0, 0.1) is 12.7 Å². The number of pyridine rings is 2. The zero-order valence-corrected chi connectivity index (χ0v) is 11.0. The van der Waals surface area contributed by atoms with Crippen LogP contribution in [-0.2, 0) is 0 Å². The van der Waals surface area contributed by atoms with Gasteiger partial charge >= 0.3 is 0 Å². The normalized spacial score (nSPS) is 10.5. The molecule has 2 aromatic heterocycles. The summed E-state index contributed by atoms with van der Waals surface area (Å²) in [5.74, 6) is -0.238. The summed E-state index contributed by atoms with van der Waals surface area (Å²) >= 11 is 0. The zero-order valence-electron chi connectivity index (χ0n) is 11.0. The topological polar surface area (TPSA) is 25.8 Å². The van der Waals surface area contributed by atoms with E-state index in [9.17, 15) is 4.39 Å². The monoisotopic (exact) mass is 264 g/mol. The molecule has 98 valence electrons. The summed E-state index contributed by atoms with van der Waals surface area (Å²) in [6.45, 7) is 2.04. The molecule has 3 aromatic rings. The van der Waals surface area contributed by atoms with Gasteiger partial charge in [-0.3, -0.25) is 9.97 Å². The third-order valence-electron chi connectivity index (χ3n) is 3.22. The highest BCUT2D eigenvalue weighted by atomic mass is 19.1. The maximum Gasteiger partial charge on any atom is 0.123 e. The van der Waals surface area contributed by atoms with Gasteiger partial charge in [-0.25, -0.2) is 4.39 Å². The Kier molecular flexibility index (Phi) is 3.25. The molecule has 0 saturated carbocycles. The Morgan fingerprint density at radius 1 is 0.950 bits per heavy atom. The van der Waals surface area contributed by atoms with Crippen LogP contribution in [0.25, 0.3) is 22.4 Å². The second-order valence-corrected chi connectivity index (χ2v) is 4.63. The van der Waals surface area contributed by atoms with Gasteiger partial charge in [-0.1, -0.05) is 6.07 Å². The predicted molar refractivity (Wildman–Crippen MR) is 77.6 cm³/mol. The van der Waals surface area contributed by atoms with Crippen LogP contribution in [0.4, 0.5) is 4.39 Å². The van der Waals surface area contributed by atoms with Crippen LogP contribution in [-0.4, -0.2) is 9.97 Å². The van der Waals surface area contributed by atoms with Gasteiger partial charge in [0.05, 0.1) is 5.69 Å². The van der Waals surface area contributed by atoms with Crippen LogP contribution in [0.5, 0.6) is 0 Å². The minimum absolute atomic E-state index is 0.238. The number of aromatic nitrogens is 2. The van der Waals surface area contributed by atoms with E-state index in [4.69, 9.17) is 0 Å². The summed E-state index contributed by atoms with van der Waals surface area (Å²) in [7, 11) is 0. The standard InChI is InChI=1S/C17H13FN2/c1-12-9-17(13-4-6-15(18)7-5-13)20-11-16(12)14-3-2-8-19-10-14/h2-11H,1H3. The van der Waals surface area contributed by atoms with Crippen molar-refractivity contribution in [3.8, 4) is 22.4 Å². The first-order valence-corrected chi connectivity index (χ1v) is 6.37. The Bertz CT molecular complexity index is 722. The Morgan fingerprint density at radius 3 is 2.40 bits per heavy atom. The molecule has 3 heteroatoms. The molecule has 2 nitrogen and oxygen atoms in total. The summed E-state index contributed by atoms with van der Waals surface area (Å²) in [5, 5.41) is 0. The lowest BCUT2D eigenvalue weighted by molar-refractivity contribution is 0.628. The molecule has 0 N–H and O–H groups in total. The first-order valence-electron chi connectivity index (χ1n) is 6.37. The largest absolute Gasteiger partial charge is 0.264 e. The smallest absolute Gasteiger partial charge is 0.123 e. The van der Waals surface area contributed by atoms with Gasteiger partial charge < -0.3 is 0 Å². The van der Waals surface area contributed by atoms with Crippen molar-refractivity contribution in [2.45, 2.75) is 6.92 Å². The molecule has 0 bridgehead atoms. The average molecular weight is 264 g/mol. The van der Waals surface area contributed by atoms with Crippen LogP contribution in [0.1, 0.15) is 5.56 Å². The zero-order chi connectivity index (χ0) is 13.9. The van der Waals surface area contributed by atoms with Crippen LogP contribution < -0.4 is 0 Å². The van der Waals surface area contributed by atoms with Crippen molar-refractivity contribution in [2.75, 3.05) is 0 Å². The number of hydrogen-bond donors (Lipinski definition) is 0. The lowest BCUT2D eigenvalue weighted by Gasteiger charge is -2.08. The summed E-state index contributed by atoms with van der Waals surface area (Å²) in [5.41, 5.74) is 4.97. The van der Waals surface area contributed by atoms with E-state index in [1.165, 1.54) is 12.1 Å². The molecule has 0 saturated heterocycles. The molecule has 0 aliphatic rings. The van der Waals surface area contributed by atoms with E-state index in [2.05, 4.69) is 9.97 Å². The van der Waals surface area contributed by atoms with Crippen molar-refractivity contribution in [1.82, 2.24) is 9.97 Å². The molecule has 0 unspecified atom stereocenters. The van der Waals surface area contributed by atoms with E-state index >= 15 is 0 Å². The fourth-order valence-electron chi connectivity index (χ4n) is 2.16. The third-order valence-corrected chi connectivity index (χ3v) is 3.22. The highest BCUT2D eigenvalue weighted by Gasteiger charge is 2.06. The Labute approximate surface area is 117 Å². The molecule has 3 rings (SSSR count). The van der Waals surface area contributed by atoms with E-state index in [-0.39, 0.29) is 5.82 Å².